The Morgan fingerprint density at radius 1 is 0.586 bits per heavy atom. The summed E-state index contributed by atoms with van der Waals surface area (Å²) in [5, 5.41) is 7.03. The van der Waals surface area contributed by atoms with E-state index in [1.807, 2.05) is 0 Å². The van der Waals surface area contributed by atoms with Gasteiger partial charge in [0.25, 0.3) is 0 Å². The van der Waals surface area contributed by atoms with Gasteiger partial charge in [0.1, 0.15) is 22.4 Å². The van der Waals surface area contributed by atoms with Crippen LogP contribution in [0.3, 0.4) is 0 Å². The fourth-order valence-corrected chi connectivity index (χ4v) is 4.61. The summed E-state index contributed by atoms with van der Waals surface area (Å²) < 4.78 is 23.9. The first kappa shape index (κ1) is 45.4. The van der Waals surface area contributed by atoms with Crippen molar-refractivity contribution in [2.45, 2.75) is 105 Å². The molecule has 0 saturated heterocycles. The Morgan fingerprint density at radius 3 is 1.29 bits per heavy atom. The van der Waals surface area contributed by atoms with Gasteiger partial charge in [-0.05, 0) is 94.1 Å². The molecule has 20 heteroatoms. The lowest BCUT2D eigenvalue weighted by atomic mass is 10.1. The average Bonchev–Trinajstić information content (AvgIpc) is 3.67. The van der Waals surface area contributed by atoms with E-state index in [2.05, 4.69) is 30.0 Å². The number of imidazole rings is 2. The molecule has 2 heterocycles. The molecule has 0 fully saturated rings. The van der Waals surface area contributed by atoms with Crippen LogP contribution in [0.5, 0.6) is 0 Å². The minimum absolute atomic E-state index is 0.0448. The number of carbonyl (C=O) groups is 4. The molecule has 20 nitrogen and oxygen atoms in total. The molecule has 4 rings (SSSR count). The third-order valence-electron chi connectivity index (χ3n) is 6.68. The minimum atomic E-state index is -1.09. The number of nitrogen functional groups attached to an aromatic ring is 1. The summed E-state index contributed by atoms with van der Waals surface area (Å²) >= 11 is 0. The van der Waals surface area contributed by atoms with Gasteiger partial charge >= 0.3 is 24.4 Å². The number of nitrogens with two attached hydrogens (primary N) is 1. The predicted molar refractivity (Wildman–Crippen MR) is 216 cm³/mol. The van der Waals surface area contributed by atoms with Crippen molar-refractivity contribution < 1.29 is 38.1 Å². The first-order chi connectivity index (χ1) is 26.7. The lowest BCUT2D eigenvalue weighted by Gasteiger charge is -2.28. The highest BCUT2D eigenvalue weighted by Crippen LogP contribution is 2.31. The molecule has 2 aromatic heterocycles. The van der Waals surface area contributed by atoms with Crippen LogP contribution >= 0.6 is 0 Å². The Balaban J connectivity index is 0.000000348. The monoisotopic (exact) mass is 800 g/mol. The number of hydrogen-bond donors (Lipinski definition) is 1. The van der Waals surface area contributed by atoms with E-state index in [-0.39, 0.29) is 17.6 Å². The number of aromatic nitrogens is 4. The minimum Gasteiger partial charge on any atom is -0.443 e. The van der Waals surface area contributed by atoms with Crippen LogP contribution in [0.2, 0.25) is 0 Å². The maximum atomic E-state index is 13.3. The van der Waals surface area contributed by atoms with Crippen molar-refractivity contribution in [2.24, 2.45) is 10.2 Å². The van der Waals surface area contributed by atoms with Gasteiger partial charge in [-0.1, -0.05) is 58.8 Å². The van der Waals surface area contributed by atoms with Crippen LogP contribution in [0.4, 0.5) is 42.4 Å². The van der Waals surface area contributed by atoms with Crippen molar-refractivity contribution in [3.63, 3.8) is 0 Å². The van der Waals surface area contributed by atoms with Crippen molar-refractivity contribution in [3.8, 4) is 22.5 Å². The Hall–Kier alpha value is -7.04. The molecule has 2 aromatic carbocycles. The van der Waals surface area contributed by atoms with Crippen LogP contribution in [0, 0.1) is 0 Å². The molecule has 0 bridgehead atoms. The topological polar surface area (TPSA) is 268 Å². The van der Waals surface area contributed by atoms with Crippen LogP contribution in [0.15, 0.2) is 71.2 Å². The highest BCUT2D eigenvalue weighted by molar-refractivity contribution is 6.09. The van der Waals surface area contributed by atoms with Crippen LogP contribution < -0.4 is 10.6 Å². The summed E-state index contributed by atoms with van der Waals surface area (Å²) in [5.41, 5.74) is 22.1. The van der Waals surface area contributed by atoms with E-state index in [9.17, 15) is 19.2 Å². The average molecular weight is 801 g/mol. The van der Waals surface area contributed by atoms with E-state index >= 15 is 0 Å². The molecule has 2 amide bonds. The van der Waals surface area contributed by atoms with Gasteiger partial charge in [-0.2, -0.15) is 0 Å². The number of ether oxygens (including phenoxy) is 4. The van der Waals surface area contributed by atoms with Crippen molar-refractivity contribution in [1.29, 1.82) is 0 Å². The number of imide groups is 1. The number of azide groups is 2. The zero-order valence-electron chi connectivity index (χ0n) is 34.5. The Kier molecular flexibility index (Phi) is 13.9. The summed E-state index contributed by atoms with van der Waals surface area (Å²) in [7, 11) is 0. The van der Waals surface area contributed by atoms with Crippen LogP contribution in [-0.2, 0) is 18.9 Å². The van der Waals surface area contributed by atoms with Gasteiger partial charge in [-0.25, -0.2) is 38.3 Å². The molecule has 0 atom stereocenters. The number of carbonyl (C=O) groups excluding carboxylic acids is 4. The largest absolute Gasteiger partial charge is 0.443 e. The molecule has 0 aliphatic carbocycles. The molecule has 2 N–H and O–H groups in total. The number of benzene rings is 2. The maximum Gasteiger partial charge on any atom is 0.427 e. The Bertz CT molecular complexity index is 2190. The summed E-state index contributed by atoms with van der Waals surface area (Å²) in [6, 6.07) is 13.0. The molecule has 0 radical (unpaired) electrons. The van der Waals surface area contributed by atoms with Gasteiger partial charge in [-0.3, -0.25) is 0 Å². The van der Waals surface area contributed by atoms with E-state index < -0.39 is 46.8 Å². The molecule has 308 valence electrons. The molecule has 0 aliphatic rings. The zero-order chi connectivity index (χ0) is 43.8. The van der Waals surface area contributed by atoms with E-state index in [0.717, 1.165) is 4.57 Å². The number of rotatable bonds is 5. The lowest BCUT2D eigenvalue weighted by molar-refractivity contribution is 0.0421. The van der Waals surface area contributed by atoms with Gasteiger partial charge in [0.05, 0.1) is 23.8 Å². The van der Waals surface area contributed by atoms with E-state index in [0.29, 0.717) is 33.1 Å². The Labute approximate surface area is 335 Å². The fourth-order valence-electron chi connectivity index (χ4n) is 4.61. The number of anilines is 2. The van der Waals surface area contributed by atoms with E-state index in [1.165, 1.54) is 17.0 Å². The number of amides is 2. The SMILES string of the molecule is CC(C)(C)OC(=O)N(C(=O)OC(C)(C)C)c1ncc(-c2ccc(N=[N+]=[N-])cc2)n1C(=O)OC(C)(C)C.CC(C)(C)OC(=O)n1c(-c2ccc(N=[N+]=[N-])cc2)cnc1N. The zero-order valence-corrected chi connectivity index (χ0v) is 34.5. The normalized spacial score (nSPS) is 11.4. The maximum absolute atomic E-state index is 13.3. The van der Waals surface area contributed by atoms with E-state index in [4.69, 9.17) is 35.7 Å². The fraction of sp³-hybridized carbons (Fsp3) is 0.421. The van der Waals surface area contributed by atoms with Crippen molar-refractivity contribution >= 4 is 47.6 Å². The molecule has 58 heavy (non-hydrogen) atoms. The second-order valence-electron chi connectivity index (χ2n) is 16.3. The summed E-state index contributed by atoms with van der Waals surface area (Å²) in [6.45, 7) is 20.1. The standard InChI is InChI=1S/C24H32N6O6.C14H16N6O2/c1-22(2,3)34-19(31)29-17(15-10-12-16(13-11-15)27-28-25)14-26-18(29)30(20(32)35-23(4,5)6)21(33)36-24(7,8)9;1-14(2,3)22-13(21)20-11(8-17-12(20)15)9-4-6-10(7-5-9)18-19-16/h10-14H,1-9H3;4-8H,1-3H3,(H2,15,17). The first-order valence-electron chi connectivity index (χ1n) is 17.7. The number of nitrogens with zero attached hydrogens (tertiary/aromatic N) is 11. The summed E-state index contributed by atoms with van der Waals surface area (Å²) in [4.78, 5) is 66.1. The van der Waals surface area contributed by atoms with Crippen molar-refractivity contribution in [1.82, 2.24) is 19.1 Å². The van der Waals surface area contributed by atoms with Crippen LogP contribution in [0.1, 0.15) is 83.1 Å². The molecule has 0 spiro atoms. The number of hydrogen-bond acceptors (Lipinski definition) is 13. The quantitative estimate of drug-likeness (QED) is 0.0857. The molecule has 0 unspecified atom stereocenters. The lowest BCUT2D eigenvalue weighted by Crippen LogP contribution is -2.45. The molecule has 0 saturated carbocycles. The van der Waals surface area contributed by atoms with Crippen LogP contribution in [-0.4, -0.2) is 65.9 Å². The summed E-state index contributed by atoms with van der Waals surface area (Å²) in [5.74, 6) is -0.328. The van der Waals surface area contributed by atoms with Crippen LogP contribution in [0.25, 0.3) is 43.4 Å². The summed E-state index contributed by atoms with van der Waals surface area (Å²) in [6.07, 6.45) is -0.863. The predicted octanol–water partition coefficient (Wildman–Crippen LogP) is 10.8. The third kappa shape index (κ3) is 13.0. The van der Waals surface area contributed by atoms with Gasteiger partial charge in [0.2, 0.25) is 11.9 Å². The third-order valence-corrected chi connectivity index (χ3v) is 6.68. The first-order valence-corrected chi connectivity index (χ1v) is 17.7. The highest BCUT2D eigenvalue weighted by atomic mass is 16.6. The van der Waals surface area contributed by atoms with Gasteiger partial charge in [0, 0.05) is 32.3 Å². The smallest absolute Gasteiger partial charge is 0.427 e. The molecular formula is C38H48N12O8. The Morgan fingerprint density at radius 2 is 0.931 bits per heavy atom. The second-order valence-corrected chi connectivity index (χ2v) is 16.3. The van der Waals surface area contributed by atoms with E-state index in [1.54, 1.807) is 132 Å². The van der Waals surface area contributed by atoms with Gasteiger partial charge in [-0.15, -0.1) is 4.90 Å². The molecule has 0 aliphatic heterocycles. The molecular weight excluding hydrogens is 752 g/mol. The highest BCUT2D eigenvalue weighted by Gasteiger charge is 2.38. The molecule has 4 aromatic rings. The van der Waals surface area contributed by atoms with Crippen molar-refractivity contribution in [2.75, 3.05) is 10.6 Å². The van der Waals surface area contributed by atoms with Gasteiger partial charge in [0.15, 0.2) is 0 Å². The van der Waals surface area contributed by atoms with Gasteiger partial charge < -0.3 is 24.7 Å². The van der Waals surface area contributed by atoms with Crippen molar-refractivity contribution in [3.05, 3.63) is 81.8 Å². The second kappa shape index (κ2) is 17.8.